The van der Waals surface area contributed by atoms with Crippen LogP contribution in [-0.4, -0.2) is 54.7 Å². The Morgan fingerprint density at radius 2 is 1.88 bits per heavy atom. The number of hydrogen-bond donors (Lipinski definition) is 1. The van der Waals surface area contributed by atoms with Gasteiger partial charge < -0.3 is 10.1 Å². The summed E-state index contributed by atoms with van der Waals surface area (Å²) >= 11 is 0. The van der Waals surface area contributed by atoms with E-state index in [1.54, 1.807) is 6.92 Å². The molecule has 7 nitrogen and oxygen atoms in total. The minimum absolute atomic E-state index is 0.00581. The number of alkyl halides is 5. The predicted octanol–water partition coefficient (Wildman–Crippen LogP) is 5.87. The van der Waals surface area contributed by atoms with Gasteiger partial charge in [0.05, 0.1) is 16.4 Å². The van der Waals surface area contributed by atoms with E-state index >= 15 is 0 Å². The number of sulfone groups is 1. The van der Waals surface area contributed by atoms with Gasteiger partial charge in [0.25, 0.3) is 5.91 Å². The number of hydrogen-bond acceptors (Lipinski definition) is 5. The van der Waals surface area contributed by atoms with Gasteiger partial charge in [-0.25, -0.2) is 13.4 Å². The van der Waals surface area contributed by atoms with Crippen LogP contribution >= 0.6 is 0 Å². The molecule has 0 radical (unpaired) electrons. The number of halogens is 5. The summed E-state index contributed by atoms with van der Waals surface area (Å²) in [5.41, 5.74) is -2.50. The van der Waals surface area contributed by atoms with Gasteiger partial charge >= 0.3 is 12.8 Å². The molecule has 1 aromatic heterocycles. The van der Waals surface area contributed by atoms with Crippen LogP contribution in [0.25, 0.3) is 5.69 Å². The Bertz CT molecular complexity index is 1450. The molecule has 1 N–H and O–H groups in total. The smallest absolute Gasteiger partial charge is 0.394 e. The number of terminal acetylenes is 1. The fourth-order valence-corrected chi connectivity index (χ4v) is 6.27. The first-order chi connectivity index (χ1) is 19.3. The summed E-state index contributed by atoms with van der Waals surface area (Å²) in [6, 6.07) is 3.81. The molecule has 0 atom stereocenters. The van der Waals surface area contributed by atoms with Gasteiger partial charge in [0.2, 0.25) is 0 Å². The summed E-state index contributed by atoms with van der Waals surface area (Å²) < 4.78 is 97.1. The maximum Gasteiger partial charge on any atom is 0.394 e. The lowest BCUT2D eigenvalue weighted by Crippen LogP contribution is -2.40. The van der Waals surface area contributed by atoms with Gasteiger partial charge in [-0.1, -0.05) is 33.8 Å². The van der Waals surface area contributed by atoms with Gasteiger partial charge in [-0.3, -0.25) is 9.36 Å². The number of amides is 1. The molecule has 1 amide bonds. The van der Waals surface area contributed by atoms with Crippen LogP contribution in [0.4, 0.5) is 22.0 Å². The van der Waals surface area contributed by atoms with Crippen molar-refractivity contribution in [1.29, 1.82) is 0 Å². The van der Waals surface area contributed by atoms with Crippen LogP contribution in [0.5, 0.6) is 5.75 Å². The lowest BCUT2D eigenvalue weighted by atomic mass is 9.75. The minimum atomic E-state index is -4.53. The number of nitrogens with zero attached hydrogens (tertiary/aromatic N) is 2. The molecule has 0 spiro atoms. The quantitative estimate of drug-likeness (QED) is 0.266. The molecule has 232 valence electrons. The fourth-order valence-electron chi connectivity index (χ4n) is 5.18. The summed E-state index contributed by atoms with van der Waals surface area (Å²) in [4.78, 5) is 17.7. The molecule has 42 heavy (non-hydrogen) atoms. The summed E-state index contributed by atoms with van der Waals surface area (Å²) in [6.07, 6.45) is 4.36. The second-order valence-electron chi connectivity index (χ2n) is 11.8. The van der Waals surface area contributed by atoms with Gasteiger partial charge in [-0.15, -0.1) is 6.42 Å². The van der Waals surface area contributed by atoms with Crippen molar-refractivity contribution in [1.82, 2.24) is 14.9 Å². The van der Waals surface area contributed by atoms with Gasteiger partial charge in [-0.2, -0.15) is 22.0 Å². The summed E-state index contributed by atoms with van der Waals surface area (Å²) in [5.74, 6) is 1.66. The molecule has 1 fully saturated rings. The maximum absolute atomic E-state index is 13.5. The van der Waals surface area contributed by atoms with Crippen LogP contribution in [0, 0.1) is 23.2 Å². The predicted molar refractivity (Wildman–Crippen MR) is 149 cm³/mol. The second kappa shape index (κ2) is 12.2. The standard InChI is InChI=1S/C29H36F5N3O4S/c1-7-20-24(25(38)35-17-28(5)13-11-19(12-14-28)42(6,39)40)36-23(8-2)37(20)21-10-9-18(15-22(21)41-26(30)31)16-27(3,4)29(32,33)34/h1,9-10,15,19,26H,8,11-14,16-17H2,2-6H3,(H,35,38). The van der Waals surface area contributed by atoms with Crippen LogP contribution in [0.2, 0.25) is 0 Å². The second-order valence-corrected chi connectivity index (χ2v) is 14.1. The number of rotatable bonds is 10. The highest BCUT2D eigenvalue weighted by Gasteiger charge is 2.47. The Balaban J connectivity index is 1.94. The SMILES string of the molecule is C#Cc1c(C(=O)NCC2(C)CCC(S(C)(=O)=O)CC2)nc(CC)n1-c1ccc(CC(C)(C)C(F)(F)F)cc1OC(F)F. The Morgan fingerprint density at radius 3 is 2.38 bits per heavy atom. The molecule has 1 aliphatic rings. The van der Waals surface area contributed by atoms with Crippen molar-refractivity contribution in [2.75, 3.05) is 12.8 Å². The number of ether oxygens (including phenoxy) is 1. The zero-order valence-electron chi connectivity index (χ0n) is 24.2. The van der Waals surface area contributed by atoms with E-state index in [9.17, 15) is 35.2 Å². The zero-order valence-corrected chi connectivity index (χ0v) is 25.1. The lowest BCUT2D eigenvalue weighted by Gasteiger charge is -2.36. The van der Waals surface area contributed by atoms with E-state index < -0.39 is 51.4 Å². The number of imidazole rings is 1. The Morgan fingerprint density at radius 1 is 1.26 bits per heavy atom. The van der Waals surface area contributed by atoms with E-state index in [1.807, 2.05) is 6.92 Å². The molecule has 1 heterocycles. The normalized spacial score (nSPS) is 19.9. The number of aromatic nitrogens is 2. The number of carbonyl (C=O) groups is 1. The number of nitrogens with one attached hydrogen (secondary N) is 1. The number of benzene rings is 1. The molecule has 0 bridgehead atoms. The fraction of sp³-hybridized carbons (Fsp3) is 0.586. The number of aryl methyl sites for hydroxylation is 1. The molecule has 1 saturated carbocycles. The van der Waals surface area contributed by atoms with Crippen molar-refractivity contribution in [3.05, 3.63) is 41.0 Å². The summed E-state index contributed by atoms with van der Waals surface area (Å²) in [7, 11) is -3.15. The van der Waals surface area contributed by atoms with Crippen LogP contribution in [0.1, 0.15) is 80.9 Å². The minimum Gasteiger partial charge on any atom is -0.433 e. The van der Waals surface area contributed by atoms with Crippen molar-refractivity contribution in [3.63, 3.8) is 0 Å². The molecule has 1 aliphatic carbocycles. The third kappa shape index (κ3) is 7.43. The maximum atomic E-state index is 13.5. The topological polar surface area (TPSA) is 90.3 Å². The van der Waals surface area contributed by atoms with Crippen molar-refractivity contribution in [2.24, 2.45) is 10.8 Å². The average Bonchev–Trinajstić information content (AvgIpc) is 3.24. The highest BCUT2D eigenvalue weighted by atomic mass is 32.2. The van der Waals surface area contributed by atoms with Crippen molar-refractivity contribution >= 4 is 15.7 Å². The Kier molecular flexibility index (Phi) is 9.71. The first kappa shape index (κ1) is 33.4. The average molecular weight is 618 g/mol. The van der Waals surface area contributed by atoms with Crippen molar-refractivity contribution < 1.29 is 39.9 Å². The molecule has 0 aliphatic heterocycles. The van der Waals surface area contributed by atoms with E-state index in [1.165, 1.54) is 23.0 Å². The van der Waals surface area contributed by atoms with Gasteiger partial charge in [0.15, 0.2) is 5.69 Å². The van der Waals surface area contributed by atoms with E-state index in [2.05, 4.69) is 16.2 Å². The van der Waals surface area contributed by atoms with Crippen LogP contribution in [0.15, 0.2) is 18.2 Å². The largest absolute Gasteiger partial charge is 0.433 e. The van der Waals surface area contributed by atoms with Crippen LogP contribution < -0.4 is 10.1 Å². The molecule has 2 aromatic rings. The molecule has 3 rings (SSSR count). The molecular formula is C29H36F5N3O4S. The van der Waals surface area contributed by atoms with E-state index in [4.69, 9.17) is 11.2 Å². The first-order valence-electron chi connectivity index (χ1n) is 13.5. The molecule has 13 heteroatoms. The Labute approximate surface area is 243 Å². The van der Waals surface area contributed by atoms with Crippen LogP contribution in [0.3, 0.4) is 0 Å². The van der Waals surface area contributed by atoms with Gasteiger partial charge in [-0.05, 0) is 61.1 Å². The zero-order chi connectivity index (χ0) is 31.7. The Hall–Kier alpha value is -3.14. The monoisotopic (exact) mass is 617 g/mol. The van der Waals surface area contributed by atoms with E-state index in [0.29, 0.717) is 25.7 Å². The number of carbonyl (C=O) groups excluding carboxylic acids is 1. The van der Waals surface area contributed by atoms with Gasteiger partial charge in [0.1, 0.15) is 27.1 Å². The van der Waals surface area contributed by atoms with E-state index in [-0.39, 0.29) is 46.8 Å². The first-order valence-corrected chi connectivity index (χ1v) is 15.5. The third-order valence-corrected chi connectivity index (χ3v) is 9.61. The van der Waals surface area contributed by atoms with Crippen molar-refractivity contribution in [3.8, 4) is 23.8 Å². The summed E-state index contributed by atoms with van der Waals surface area (Å²) in [6.45, 7) is 2.66. The van der Waals surface area contributed by atoms with Crippen molar-refractivity contribution in [2.45, 2.75) is 84.3 Å². The lowest BCUT2D eigenvalue weighted by molar-refractivity contribution is -0.211. The van der Waals surface area contributed by atoms with Crippen LogP contribution in [-0.2, 0) is 22.7 Å². The third-order valence-electron chi connectivity index (χ3n) is 7.93. The highest BCUT2D eigenvalue weighted by molar-refractivity contribution is 7.91. The highest BCUT2D eigenvalue weighted by Crippen LogP contribution is 2.41. The van der Waals surface area contributed by atoms with Gasteiger partial charge in [0, 0.05) is 19.2 Å². The molecular weight excluding hydrogens is 581 g/mol. The molecule has 1 aromatic carbocycles. The van der Waals surface area contributed by atoms with E-state index in [0.717, 1.165) is 19.9 Å². The molecule has 0 unspecified atom stereocenters. The molecule has 0 saturated heterocycles. The summed E-state index contributed by atoms with van der Waals surface area (Å²) in [5, 5.41) is 2.42.